The van der Waals surface area contributed by atoms with Crippen molar-refractivity contribution in [2.45, 2.75) is 42.5 Å². The number of benzene rings is 1. The summed E-state index contributed by atoms with van der Waals surface area (Å²) in [6.45, 7) is 2.21. The van der Waals surface area contributed by atoms with Crippen LogP contribution < -0.4 is 10.5 Å². The van der Waals surface area contributed by atoms with Gasteiger partial charge in [0.1, 0.15) is 16.2 Å². The summed E-state index contributed by atoms with van der Waals surface area (Å²) in [5.41, 5.74) is 5.05. The minimum absolute atomic E-state index is 0.129. The lowest BCUT2D eigenvalue weighted by atomic mass is 9.84. The average molecular weight is 460 g/mol. The quantitative estimate of drug-likeness (QED) is 0.725. The molecule has 0 saturated carbocycles. The van der Waals surface area contributed by atoms with E-state index in [0.29, 0.717) is 23.1 Å². The van der Waals surface area contributed by atoms with Crippen molar-refractivity contribution < 1.29 is 17.9 Å². The fraction of sp³-hybridized carbons (Fsp3) is 0.611. The molecule has 2 N–H and O–H groups in total. The van der Waals surface area contributed by atoms with Crippen LogP contribution >= 0.6 is 15.9 Å². The number of likely N-dealkylation sites (tertiary alicyclic amines) is 1. The van der Waals surface area contributed by atoms with Gasteiger partial charge >= 0.3 is 0 Å². The van der Waals surface area contributed by atoms with E-state index in [9.17, 15) is 13.2 Å². The number of nitrogens with zero attached hydrogens (tertiary/aromatic N) is 2. The zero-order chi connectivity index (χ0) is 19.7. The molecule has 2 aliphatic heterocycles. The molecule has 2 heterocycles. The second-order valence-corrected chi connectivity index (χ2v) is 9.96. The van der Waals surface area contributed by atoms with Gasteiger partial charge in [-0.1, -0.05) is 22.4 Å². The van der Waals surface area contributed by atoms with E-state index in [1.165, 1.54) is 11.4 Å². The molecule has 0 spiro atoms. The summed E-state index contributed by atoms with van der Waals surface area (Å²) in [7, 11) is -2.27. The molecular formula is C18H26BrN3O4S. The molecule has 0 aliphatic carbocycles. The van der Waals surface area contributed by atoms with Crippen molar-refractivity contribution in [3.8, 4) is 5.75 Å². The predicted molar refractivity (Wildman–Crippen MR) is 106 cm³/mol. The molecule has 0 atom stereocenters. The van der Waals surface area contributed by atoms with E-state index in [4.69, 9.17) is 10.5 Å². The molecule has 1 amide bonds. The molecule has 150 valence electrons. The van der Waals surface area contributed by atoms with E-state index < -0.39 is 15.6 Å². The molecule has 0 unspecified atom stereocenters. The standard InChI is InChI=1S/C18H26BrN3O4S/c1-26-15-6-5-14(19)13-16(15)27(24,25)22-11-7-18(8-12-22,17(20)23)21-9-3-2-4-10-21/h5-6,13H,2-4,7-12H2,1H3,(H2,20,23). The minimum atomic E-state index is -3.73. The Hall–Kier alpha value is -1.16. The summed E-state index contributed by atoms with van der Waals surface area (Å²) in [4.78, 5) is 14.6. The summed E-state index contributed by atoms with van der Waals surface area (Å²) in [6.07, 6.45) is 4.09. The van der Waals surface area contributed by atoms with Crippen LogP contribution in [0, 0.1) is 0 Å². The molecule has 0 aromatic heterocycles. The summed E-state index contributed by atoms with van der Waals surface area (Å²) in [6, 6.07) is 4.92. The first-order chi connectivity index (χ1) is 12.8. The summed E-state index contributed by atoms with van der Waals surface area (Å²) < 4.78 is 33.7. The Morgan fingerprint density at radius 2 is 1.78 bits per heavy atom. The van der Waals surface area contributed by atoms with Crippen LogP contribution in [-0.2, 0) is 14.8 Å². The van der Waals surface area contributed by atoms with Gasteiger partial charge in [-0.15, -0.1) is 0 Å². The SMILES string of the molecule is COc1ccc(Br)cc1S(=O)(=O)N1CCC(C(N)=O)(N2CCCCC2)CC1. The second-order valence-electron chi connectivity index (χ2n) is 7.14. The Bertz CT molecular complexity index is 801. The van der Waals surface area contributed by atoms with Crippen LogP contribution in [0.4, 0.5) is 0 Å². The minimum Gasteiger partial charge on any atom is -0.495 e. The summed E-state index contributed by atoms with van der Waals surface area (Å²) >= 11 is 3.32. The molecule has 2 fully saturated rings. The van der Waals surface area contributed by atoms with Crippen molar-refractivity contribution in [2.24, 2.45) is 5.73 Å². The first kappa shape index (κ1) is 20.6. The monoisotopic (exact) mass is 459 g/mol. The third kappa shape index (κ3) is 3.87. The molecule has 9 heteroatoms. The number of nitrogens with two attached hydrogens (primary N) is 1. The number of rotatable bonds is 5. The van der Waals surface area contributed by atoms with Gasteiger partial charge in [0.2, 0.25) is 15.9 Å². The van der Waals surface area contributed by atoms with Crippen molar-refractivity contribution in [1.29, 1.82) is 0 Å². The first-order valence-electron chi connectivity index (χ1n) is 9.20. The maximum atomic E-state index is 13.2. The topological polar surface area (TPSA) is 92.9 Å². The molecule has 2 aliphatic rings. The summed E-state index contributed by atoms with van der Waals surface area (Å²) in [5, 5.41) is 0. The highest BCUT2D eigenvalue weighted by Crippen LogP contribution is 2.36. The molecule has 1 aromatic rings. The zero-order valence-electron chi connectivity index (χ0n) is 15.5. The molecular weight excluding hydrogens is 434 g/mol. The van der Waals surface area contributed by atoms with Crippen molar-refractivity contribution >= 4 is 31.9 Å². The maximum Gasteiger partial charge on any atom is 0.246 e. The number of piperidine rings is 2. The van der Waals surface area contributed by atoms with Crippen LogP contribution in [-0.4, -0.2) is 62.4 Å². The highest BCUT2D eigenvalue weighted by atomic mass is 79.9. The number of primary amides is 1. The van der Waals surface area contributed by atoms with Gasteiger partial charge in [0.25, 0.3) is 0 Å². The smallest absolute Gasteiger partial charge is 0.246 e. The Kier molecular flexibility index (Phi) is 6.14. The number of methoxy groups -OCH3 is 1. The molecule has 3 rings (SSSR count). The third-order valence-electron chi connectivity index (χ3n) is 5.71. The van der Waals surface area contributed by atoms with E-state index >= 15 is 0 Å². The van der Waals surface area contributed by atoms with Crippen molar-refractivity contribution in [3.63, 3.8) is 0 Å². The average Bonchev–Trinajstić information content (AvgIpc) is 2.68. The third-order valence-corrected chi connectivity index (χ3v) is 8.13. The van der Waals surface area contributed by atoms with Gasteiger partial charge in [-0.25, -0.2) is 8.42 Å². The Labute approximate surface area is 169 Å². The van der Waals surface area contributed by atoms with Gasteiger partial charge < -0.3 is 10.5 Å². The Balaban J connectivity index is 1.83. The lowest BCUT2D eigenvalue weighted by Gasteiger charge is -2.47. The van der Waals surface area contributed by atoms with Gasteiger partial charge in [0.15, 0.2) is 0 Å². The van der Waals surface area contributed by atoms with Crippen molar-refractivity contribution in [3.05, 3.63) is 22.7 Å². The van der Waals surface area contributed by atoms with Crippen LogP contribution in [0.5, 0.6) is 5.75 Å². The van der Waals surface area contributed by atoms with Crippen LogP contribution in [0.15, 0.2) is 27.6 Å². The molecule has 7 nitrogen and oxygen atoms in total. The highest BCUT2D eigenvalue weighted by molar-refractivity contribution is 9.10. The van der Waals surface area contributed by atoms with Crippen LogP contribution in [0.1, 0.15) is 32.1 Å². The number of amides is 1. The molecule has 27 heavy (non-hydrogen) atoms. The number of carbonyl (C=O) groups excluding carboxylic acids is 1. The van der Waals surface area contributed by atoms with E-state index in [-0.39, 0.29) is 23.9 Å². The normalized spacial score (nSPS) is 21.7. The highest BCUT2D eigenvalue weighted by Gasteiger charge is 2.47. The van der Waals surface area contributed by atoms with Gasteiger partial charge in [-0.3, -0.25) is 9.69 Å². The first-order valence-corrected chi connectivity index (χ1v) is 11.4. The second kappa shape index (κ2) is 8.06. The lowest BCUT2D eigenvalue weighted by Crippen LogP contribution is -2.63. The van der Waals surface area contributed by atoms with Gasteiger partial charge in [0.05, 0.1) is 7.11 Å². The van der Waals surface area contributed by atoms with Crippen LogP contribution in [0.25, 0.3) is 0 Å². The largest absolute Gasteiger partial charge is 0.495 e. The molecule has 0 radical (unpaired) electrons. The van der Waals surface area contributed by atoms with Gasteiger partial charge in [-0.2, -0.15) is 4.31 Å². The molecule has 2 saturated heterocycles. The van der Waals surface area contributed by atoms with E-state index in [1.807, 2.05) is 0 Å². The Morgan fingerprint density at radius 1 is 1.15 bits per heavy atom. The number of hydrogen-bond donors (Lipinski definition) is 1. The summed E-state index contributed by atoms with van der Waals surface area (Å²) in [5.74, 6) is -0.0394. The lowest BCUT2D eigenvalue weighted by molar-refractivity contribution is -0.134. The van der Waals surface area contributed by atoms with E-state index in [0.717, 1.165) is 32.4 Å². The van der Waals surface area contributed by atoms with Gasteiger partial charge in [-0.05, 0) is 57.0 Å². The van der Waals surface area contributed by atoms with Crippen molar-refractivity contribution in [1.82, 2.24) is 9.21 Å². The molecule has 1 aromatic carbocycles. The van der Waals surface area contributed by atoms with E-state index in [1.54, 1.807) is 18.2 Å². The number of sulfonamides is 1. The van der Waals surface area contributed by atoms with Crippen molar-refractivity contribution in [2.75, 3.05) is 33.3 Å². The maximum absolute atomic E-state index is 13.2. The van der Waals surface area contributed by atoms with Gasteiger partial charge in [0, 0.05) is 17.6 Å². The zero-order valence-corrected chi connectivity index (χ0v) is 17.9. The van der Waals surface area contributed by atoms with Crippen LogP contribution in [0.3, 0.4) is 0 Å². The number of ether oxygens (including phenoxy) is 1. The molecule has 0 bridgehead atoms. The predicted octanol–water partition coefficient (Wildman–Crippen LogP) is 1.95. The number of carbonyl (C=O) groups is 1. The van der Waals surface area contributed by atoms with Crippen LogP contribution in [0.2, 0.25) is 0 Å². The number of halogens is 1. The fourth-order valence-electron chi connectivity index (χ4n) is 4.13. The fourth-order valence-corrected chi connectivity index (χ4v) is 6.26. The van der Waals surface area contributed by atoms with E-state index in [2.05, 4.69) is 20.8 Å². The number of hydrogen-bond acceptors (Lipinski definition) is 5. The Morgan fingerprint density at radius 3 is 2.33 bits per heavy atom.